The molecule has 0 amide bonds. The molecule has 0 radical (unpaired) electrons. The maximum Gasteiger partial charge on any atom is 0.138 e. The fourth-order valence-electron chi connectivity index (χ4n) is 0.823. The summed E-state index contributed by atoms with van der Waals surface area (Å²) in [4.78, 5) is 2.61. The standard InChI is InChI=1S/C5H9N7O/c6-9-8-5(3-13)1-2-12-4-7-10-11-12/h4-5,13H,1-3H2. The highest BCUT2D eigenvalue weighted by atomic mass is 16.3. The number of rotatable bonds is 5. The van der Waals surface area contributed by atoms with Crippen molar-refractivity contribution in [2.24, 2.45) is 5.11 Å². The molecule has 8 nitrogen and oxygen atoms in total. The zero-order valence-corrected chi connectivity index (χ0v) is 6.85. The quantitative estimate of drug-likeness (QED) is 0.384. The number of hydrogen-bond acceptors (Lipinski definition) is 5. The second-order valence-corrected chi connectivity index (χ2v) is 2.40. The second kappa shape index (κ2) is 5.07. The van der Waals surface area contributed by atoms with Crippen LogP contribution in [0.5, 0.6) is 0 Å². The second-order valence-electron chi connectivity index (χ2n) is 2.40. The topological polar surface area (TPSA) is 113 Å². The Morgan fingerprint density at radius 3 is 3.08 bits per heavy atom. The minimum absolute atomic E-state index is 0.161. The fourth-order valence-corrected chi connectivity index (χ4v) is 0.823. The van der Waals surface area contributed by atoms with E-state index in [9.17, 15) is 0 Å². The molecule has 1 rings (SSSR count). The van der Waals surface area contributed by atoms with Crippen LogP contribution < -0.4 is 0 Å². The number of aryl methyl sites for hydroxylation is 1. The van der Waals surface area contributed by atoms with E-state index < -0.39 is 6.04 Å². The molecule has 1 heterocycles. The normalized spacial score (nSPS) is 12.1. The van der Waals surface area contributed by atoms with Gasteiger partial charge in [-0.1, -0.05) is 5.11 Å². The van der Waals surface area contributed by atoms with Crippen molar-refractivity contribution in [3.8, 4) is 0 Å². The van der Waals surface area contributed by atoms with Crippen LogP contribution in [-0.2, 0) is 6.54 Å². The number of nitrogens with zero attached hydrogens (tertiary/aromatic N) is 7. The number of azide groups is 1. The molecule has 1 aromatic rings. The molecule has 1 unspecified atom stereocenters. The van der Waals surface area contributed by atoms with E-state index in [2.05, 4.69) is 25.6 Å². The van der Waals surface area contributed by atoms with E-state index in [4.69, 9.17) is 10.6 Å². The lowest BCUT2D eigenvalue weighted by atomic mass is 10.2. The lowest BCUT2D eigenvalue weighted by Crippen LogP contribution is -2.13. The van der Waals surface area contributed by atoms with Crippen LogP contribution in [0.15, 0.2) is 11.4 Å². The highest BCUT2D eigenvalue weighted by Crippen LogP contribution is 1.99. The van der Waals surface area contributed by atoms with Crippen molar-refractivity contribution in [1.82, 2.24) is 20.2 Å². The highest BCUT2D eigenvalue weighted by Gasteiger charge is 2.04. The molecular formula is C5H9N7O. The Hall–Kier alpha value is -1.66. The number of hydrogen-bond donors (Lipinski definition) is 1. The van der Waals surface area contributed by atoms with Gasteiger partial charge in [-0.3, -0.25) is 0 Å². The Morgan fingerprint density at radius 1 is 1.69 bits per heavy atom. The first-order chi connectivity index (χ1) is 6.36. The zero-order chi connectivity index (χ0) is 9.52. The molecule has 0 aliphatic rings. The Kier molecular flexibility index (Phi) is 3.68. The summed E-state index contributed by atoms with van der Waals surface area (Å²) in [6, 6.07) is -0.408. The molecule has 8 heteroatoms. The summed E-state index contributed by atoms with van der Waals surface area (Å²) in [7, 11) is 0. The van der Waals surface area contributed by atoms with Crippen LogP contribution in [0.3, 0.4) is 0 Å². The van der Waals surface area contributed by atoms with E-state index in [1.165, 1.54) is 11.0 Å². The van der Waals surface area contributed by atoms with E-state index in [1.54, 1.807) is 0 Å². The predicted molar refractivity (Wildman–Crippen MR) is 42.5 cm³/mol. The molecule has 1 atom stereocenters. The molecule has 1 aromatic heterocycles. The largest absolute Gasteiger partial charge is 0.396 e. The van der Waals surface area contributed by atoms with E-state index in [-0.39, 0.29) is 6.61 Å². The first-order valence-electron chi connectivity index (χ1n) is 3.72. The Bertz CT molecular complexity index is 277. The van der Waals surface area contributed by atoms with E-state index in [1.807, 2.05) is 0 Å². The van der Waals surface area contributed by atoms with Gasteiger partial charge in [-0.05, 0) is 22.4 Å². The molecule has 13 heavy (non-hydrogen) atoms. The number of tetrazole rings is 1. The Labute approximate surface area is 73.8 Å². The maximum atomic E-state index is 8.76. The smallest absolute Gasteiger partial charge is 0.138 e. The van der Waals surface area contributed by atoms with Crippen molar-refractivity contribution in [2.75, 3.05) is 6.61 Å². The first kappa shape index (κ1) is 9.43. The molecule has 1 N–H and O–H groups in total. The van der Waals surface area contributed by atoms with Gasteiger partial charge >= 0.3 is 0 Å². The van der Waals surface area contributed by atoms with Crippen molar-refractivity contribution in [3.63, 3.8) is 0 Å². The van der Waals surface area contributed by atoms with Gasteiger partial charge in [0, 0.05) is 11.5 Å². The van der Waals surface area contributed by atoms with Crippen LogP contribution in [0.4, 0.5) is 0 Å². The predicted octanol–water partition coefficient (Wildman–Crippen LogP) is -0.266. The summed E-state index contributed by atoms with van der Waals surface area (Å²) in [5.74, 6) is 0. The third kappa shape index (κ3) is 3.06. The minimum Gasteiger partial charge on any atom is -0.396 e. The van der Waals surface area contributed by atoms with E-state index in [0.717, 1.165) is 0 Å². The van der Waals surface area contributed by atoms with Gasteiger partial charge in [0.05, 0.1) is 12.6 Å². The van der Waals surface area contributed by atoms with Gasteiger partial charge in [-0.25, -0.2) is 4.68 Å². The first-order valence-corrected chi connectivity index (χ1v) is 3.72. The van der Waals surface area contributed by atoms with Crippen molar-refractivity contribution >= 4 is 0 Å². The SMILES string of the molecule is [N-]=[N+]=NC(CO)CCn1cnnn1. The van der Waals surface area contributed by atoms with Crippen LogP contribution >= 0.6 is 0 Å². The van der Waals surface area contributed by atoms with Gasteiger partial charge in [0.25, 0.3) is 0 Å². The lowest BCUT2D eigenvalue weighted by molar-refractivity contribution is 0.254. The molecule has 0 saturated carbocycles. The third-order valence-electron chi connectivity index (χ3n) is 1.51. The number of aromatic nitrogens is 4. The van der Waals surface area contributed by atoms with Gasteiger partial charge in [-0.15, -0.1) is 5.10 Å². The summed E-state index contributed by atoms with van der Waals surface area (Å²) in [6.07, 6.45) is 1.98. The Balaban J connectivity index is 2.36. The maximum absolute atomic E-state index is 8.76. The average Bonchev–Trinajstić information content (AvgIpc) is 2.64. The van der Waals surface area contributed by atoms with E-state index >= 15 is 0 Å². The molecule has 0 bridgehead atoms. The molecule has 0 aliphatic carbocycles. The van der Waals surface area contributed by atoms with Crippen LogP contribution in [0.2, 0.25) is 0 Å². The molecule has 0 fully saturated rings. The van der Waals surface area contributed by atoms with Crippen molar-refractivity contribution < 1.29 is 5.11 Å². The fraction of sp³-hybridized carbons (Fsp3) is 0.800. The van der Waals surface area contributed by atoms with Gasteiger partial charge in [0.2, 0.25) is 0 Å². The lowest BCUT2D eigenvalue weighted by Gasteiger charge is -2.05. The van der Waals surface area contributed by atoms with Crippen LogP contribution in [0.1, 0.15) is 6.42 Å². The number of aliphatic hydroxyl groups excluding tert-OH is 1. The minimum atomic E-state index is -0.408. The van der Waals surface area contributed by atoms with Gasteiger partial charge in [0.15, 0.2) is 0 Å². The van der Waals surface area contributed by atoms with Gasteiger partial charge in [0.1, 0.15) is 6.33 Å². The molecule has 70 valence electrons. The summed E-state index contributed by atoms with van der Waals surface area (Å²) >= 11 is 0. The summed E-state index contributed by atoms with van der Waals surface area (Å²) < 4.78 is 1.51. The highest BCUT2D eigenvalue weighted by molar-refractivity contribution is 4.65. The molecule has 0 spiro atoms. The monoisotopic (exact) mass is 183 g/mol. The van der Waals surface area contributed by atoms with Crippen LogP contribution in [0, 0.1) is 0 Å². The average molecular weight is 183 g/mol. The van der Waals surface area contributed by atoms with Crippen molar-refractivity contribution in [2.45, 2.75) is 19.0 Å². The third-order valence-corrected chi connectivity index (χ3v) is 1.51. The van der Waals surface area contributed by atoms with Gasteiger partial charge in [-0.2, -0.15) is 0 Å². The zero-order valence-electron chi connectivity index (χ0n) is 6.85. The molecule has 0 aromatic carbocycles. The Morgan fingerprint density at radius 2 is 2.54 bits per heavy atom. The van der Waals surface area contributed by atoms with Crippen molar-refractivity contribution in [3.05, 3.63) is 16.8 Å². The summed E-state index contributed by atoms with van der Waals surface area (Å²) in [6.45, 7) is 0.365. The molecular weight excluding hydrogens is 174 g/mol. The summed E-state index contributed by atoms with van der Waals surface area (Å²) in [5.41, 5.74) is 8.13. The summed E-state index contributed by atoms with van der Waals surface area (Å²) in [5, 5.41) is 22.6. The van der Waals surface area contributed by atoms with Crippen LogP contribution in [-0.4, -0.2) is 38.0 Å². The van der Waals surface area contributed by atoms with E-state index in [0.29, 0.717) is 13.0 Å². The number of aliphatic hydroxyl groups is 1. The molecule has 0 saturated heterocycles. The van der Waals surface area contributed by atoms with Crippen LogP contribution in [0.25, 0.3) is 10.4 Å². The molecule has 0 aliphatic heterocycles. The van der Waals surface area contributed by atoms with Gasteiger partial charge < -0.3 is 5.11 Å². The van der Waals surface area contributed by atoms with Crippen molar-refractivity contribution in [1.29, 1.82) is 0 Å².